The van der Waals surface area contributed by atoms with Crippen LogP contribution in [0.5, 0.6) is 5.75 Å². The quantitative estimate of drug-likeness (QED) is 0.490. The van der Waals surface area contributed by atoms with Crippen LogP contribution in [0.4, 0.5) is 0 Å². The van der Waals surface area contributed by atoms with E-state index in [0.29, 0.717) is 13.1 Å². The second kappa shape index (κ2) is 8.70. The third kappa shape index (κ3) is 3.86. The van der Waals surface area contributed by atoms with E-state index in [9.17, 15) is 5.11 Å². The van der Waals surface area contributed by atoms with Crippen molar-refractivity contribution < 1.29 is 9.84 Å². The molecule has 32 heavy (non-hydrogen) atoms. The van der Waals surface area contributed by atoms with Crippen molar-refractivity contribution in [1.82, 2.24) is 19.7 Å². The van der Waals surface area contributed by atoms with E-state index in [0.717, 1.165) is 46.4 Å². The van der Waals surface area contributed by atoms with Crippen molar-refractivity contribution in [2.24, 2.45) is 5.73 Å². The van der Waals surface area contributed by atoms with Gasteiger partial charge < -0.3 is 15.6 Å². The molecule has 3 N–H and O–H groups in total. The first kappa shape index (κ1) is 20.6. The average molecular weight is 430 g/mol. The van der Waals surface area contributed by atoms with Crippen molar-refractivity contribution in [1.29, 1.82) is 0 Å². The van der Waals surface area contributed by atoms with Crippen LogP contribution in [0.1, 0.15) is 28.3 Å². The van der Waals surface area contributed by atoms with Gasteiger partial charge in [0.25, 0.3) is 0 Å². The maximum Gasteiger partial charge on any atom is 0.158 e. The summed E-state index contributed by atoms with van der Waals surface area (Å²) in [6.45, 7) is 2.00. The number of aromatic nitrogens is 3. The molecule has 7 heteroatoms. The summed E-state index contributed by atoms with van der Waals surface area (Å²) < 4.78 is 7.17. The van der Waals surface area contributed by atoms with Gasteiger partial charge in [-0.05, 0) is 40.8 Å². The largest absolute Gasteiger partial charge is 0.497 e. The summed E-state index contributed by atoms with van der Waals surface area (Å²) in [5, 5.41) is 16.6. The highest BCUT2D eigenvalue weighted by Crippen LogP contribution is 2.29. The number of benzene rings is 2. The van der Waals surface area contributed by atoms with E-state index < -0.39 is 12.3 Å². The Bertz CT molecular complexity index is 1210. The van der Waals surface area contributed by atoms with Gasteiger partial charge in [0.2, 0.25) is 0 Å². The third-order valence-electron chi connectivity index (χ3n) is 6.26. The van der Waals surface area contributed by atoms with Crippen LogP contribution >= 0.6 is 0 Å². The van der Waals surface area contributed by atoms with Crippen molar-refractivity contribution in [2.45, 2.75) is 31.8 Å². The number of methoxy groups -OCH3 is 1. The van der Waals surface area contributed by atoms with E-state index in [-0.39, 0.29) is 0 Å². The zero-order valence-corrected chi connectivity index (χ0v) is 18.1. The van der Waals surface area contributed by atoms with Crippen molar-refractivity contribution in [2.75, 3.05) is 13.7 Å². The number of hydrogen-bond donors (Lipinski definition) is 2. The molecule has 0 amide bonds. The van der Waals surface area contributed by atoms with Crippen LogP contribution in [0.25, 0.3) is 11.0 Å². The smallest absolute Gasteiger partial charge is 0.158 e. The maximum atomic E-state index is 10.9. The molecule has 1 unspecified atom stereocenters. The number of pyridine rings is 1. The predicted molar refractivity (Wildman–Crippen MR) is 123 cm³/mol. The van der Waals surface area contributed by atoms with Crippen LogP contribution in [0.2, 0.25) is 0 Å². The standard InChI is InChI=1S/C25H27N5O2/c1-32-20-9-7-17(8-10-20)15-30-24-22(14-28-30)21-11-12-29(16-19(21)13-27-24)25(31)23(26)18-5-3-2-4-6-18/h2-10,13-14,23,25,31H,11-12,15-16,26H2,1H3/t23-,25?/m0/s1. The maximum absolute atomic E-state index is 10.9. The fourth-order valence-electron chi connectivity index (χ4n) is 4.42. The number of nitrogens with two attached hydrogens (primary N) is 1. The molecule has 3 heterocycles. The third-order valence-corrected chi connectivity index (χ3v) is 6.26. The van der Waals surface area contributed by atoms with E-state index in [1.165, 1.54) is 5.56 Å². The molecule has 1 aliphatic heterocycles. The molecule has 0 spiro atoms. The van der Waals surface area contributed by atoms with Crippen LogP contribution in [-0.4, -0.2) is 44.7 Å². The first-order valence-corrected chi connectivity index (χ1v) is 10.8. The molecule has 0 saturated heterocycles. The summed E-state index contributed by atoms with van der Waals surface area (Å²) in [6, 6.07) is 17.3. The van der Waals surface area contributed by atoms with Gasteiger partial charge in [0.05, 0.1) is 25.9 Å². The Kier molecular flexibility index (Phi) is 5.61. The van der Waals surface area contributed by atoms with Gasteiger partial charge >= 0.3 is 0 Å². The van der Waals surface area contributed by atoms with Crippen molar-refractivity contribution >= 4 is 11.0 Å². The Morgan fingerprint density at radius 1 is 1.09 bits per heavy atom. The van der Waals surface area contributed by atoms with Gasteiger partial charge in [-0.3, -0.25) is 4.90 Å². The topological polar surface area (TPSA) is 89.4 Å². The first-order valence-electron chi connectivity index (χ1n) is 10.8. The van der Waals surface area contributed by atoms with Gasteiger partial charge in [0, 0.05) is 24.7 Å². The van der Waals surface area contributed by atoms with E-state index in [1.54, 1.807) is 7.11 Å². The predicted octanol–water partition coefficient (Wildman–Crippen LogP) is 2.86. The van der Waals surface area contributed by atoms with Crippen LogP contribution < -0.4 is 10.5 Å². The number of ether oxygens (including phenoxy) is 1. The van der Waals surface area contributed by atoms with Crippen molar-refractivity contribution in [3.05, 3.63) is 89.2 Å². The lowest BCUT2D eigenvalue weighted by molar-refractivity contribution is -0.0244. The average Bonchev–Trinajstić information content (AvgIpc) is 3.26. The molecule has 2 aromatic carbocycles. The Hall–Kier alpha value is -3.26. The fraction of sp³-hybridized carbons (Fsp3) is 0.280. The van der Waals surface area contributed by atoms with E-state index in [1.807, 2.05) is 76.6 Å². The van der Waals surface area contributed by atoms with E-state index in [2.05, 4.69) is 5.10 Å². The minimum Gasteiger partial charge on any atom is -0.497 e. The molecule has 0 aliphatic carbocycles. The van der Waals surface area contributed by atoms with Gasteiger partial charge in [-0.2, -0.15) is 5.10 Å². The normalized spacial score (nSPS) is 16.0. The second-order valence-corrected chi connectivity index (χ2v) is 8.22. The molecule has 1 aliphatic rings. The van der Waals surface area contributed by atoms with Crippen LogP contribution in [0, 0.1) is 0 Å². The SMILES string of the molecule is COc1ccc(Cn2ncc3c4c(cnc32)CN(C(O)[C@@H](N)c2ccccc2)CC4)cc1. The number of rotatable bonds is 6. The van der Waals surface area contributed by atoms with Gasteiger partial charge in [-0.15, -0.1) is 0 Å². The Morgan fingerprint density at radius 2 is 1.88 bits per heavy atom. The molecule has 0 fully saturated rings. The molecule has 0 saturated carbocycles. The summed E-state index contributed by atoms with van der Waals surface area (Å²) in [4.78, 5) is 6.74. The molecule has 2 aromatic heterocycles. The van der Waals surface area contributed by atoms with E-state index in [4.69, 9.17) is 15.5 Å². The number of fused-ring (bicyclic) bond motifs is 3. The second-order valence-electron chi connectivity index (χ2n) is 8.22. The number of nitrogens with zero attached hydrogens (tertiary/aromatic N) is 4. The minimum atomic E-state index is -0.751. The Labute approximate surface area is 187 Å². The lowest BCUT2D eigenvalue weighted by atomic mass is 9.97. The summed E-state index contributed by atoms with van der Waals surface area (Å²) in [6.07, 6.45) is 3.89. The van der Waals surface area contributed by atoms with Crippen molar-refractivity contribution in [3.8, 4) is 5.75 Å². The highest BCUT2D eigenvalue weighted by atomic mass is 16.5. The van der Waals surface area contributed by atoms with Gasteiger partial charge in [0.1, 0.15) is 12.0 Å². The summed E-state index contributed by atoms with van der Waals surface area (Å²) >= 11 is 0. The molecule has 0 radical (unpaired) electrons. The van der Waals surface area contributed by atoms with Crippen LogP contribution in [0.3, 0.4) is 0 Å². The molecule has 164 valence electrons. The van der Waals surface area contributed by atoms with Gasteiger partial charge in [-0.25, -0.2) is 9.67 Å². The van der Waals surface area contributed by atoms with Gasteiger partial charge in [0.15, 0.2) is 5.65 Å². The molecule has 0 bridgehead atoms. The monoisotopic (exact) mass is 429 g/mol. The summed E-state index contributed by atoms with van der Waals surface area (Å²) in [5.41, 5.74) is 11.7. The molecule has 4 aromatic rings. The number of hydrogen-bond acceptors (Lipinski definition) is 6. The zero-order chi connectivity index (χ0) is 22.1. The first-order chi connectivity index (χ1) is 15.6. The molecule has 2 atom stereocenters. The highest BCUT2D eigenvalue weighted by Gasteiger charge is 2.28. The van der Waals surface area contributed by atoms with E-state index >= 15 is 0 Å². The van der Waals surface area contributed by atoms with Gasteiger partial charge in [-0.1, -0.05) is 42.5 Å². The molecular weight excluding hydrogens is 402 g/mol. The van der Waals surface area contributed by atoms with Crippen molar-refractivity contribution in [3.63, 3.8) is 0 Å². The van der Waals surface area contributed by atoms with Crippen LogP contribution in [-0.2, 0) is 19.5 Å². The Morgan fingerprint density at radius 3 is 2.62 bits per heavy atom. The lowest BCUT2D eigenvalue weighted by Crippen LogP contribution is -2.45. The number of aliphatic hydroxyl groups excluding tert-OH is 1. The van der Waals surface area contributed by atoms with Crippen LogP contribution in [0.15, 0.2) is 67.0 Å². The number of aliphatic hydroxyl groups is 1. The fourth-order valence-corrected chi connectivity index (χ4v) is 4.42. The zero-order valence-electron chi connectivity index (χ0n) is 18.1. The molecule has 5 rings (SSSR count). The summed E-state index contributed by atoms with van der Waals surface area (Å²) in [5.74, 6) is 0.838. The highest BCUT2D eigenvalue weighted by molar-refractivity contribution is 5.80. The molecular formula is C25H27N5O2. The lowest BCUT2D eigenvalue weighted by Gasteiger charge is -2.35. The molecule has 7 nitrogen and oxygen atoms in total. The summed E-state index contributed by atoms with van der Waals surface area (Å²) in [7, 11) is 1.67. The Balaban J connectivity index is 1.35. The minimum absolute atomic E-state index is 0.457.